The van der Waals surface area contributed by atoms with E-state index in [4.69, 9.17) is 15.2 Å². The zero-order valence-electron chi connectivity index (χ0n) is 12.3. The van der Waals surface area contributed by atoms with Crippen molar-refractivity contribution in [1.82, 2.24) is 9.97 Å². The van der Waals surface area contributed by atoms with Crippen molar-refractivity contribution in [3.05, 3.63) is 11.3 Å². The lowest BCUT2D eigenvalue weighted by Crippen LogP contribution is -2.53. The summed E-state index contributed by atoms with van der Waals surface area (Å²) in [6, 6.07) is 0. The summed E-state index contributed by atoms with van der Waals surface area (Å²) in [4.78, 5) is 11.3. The van der Waals surface area contributed by atoms with Crippen molar-refractivity contribution in [2.45, 2.75) is 37.7 Å². The van der Waals surface area contributed by atoms with Gasteiger partial charge in [-0.15, -0.1) is 0 Å². The van der Waals surface area contributed by atoms with Gasteiger partial charge in [0.25, 0.3) is 0 Å². The number of nitrogen functional groups attached to an aromatic ring is 1. The van der Waals surface area contributed by atoms with Crippen LogP contribution in [0.4, 0.5) is 11.8 Å². The van der Waals surface area contributed by atoms with Crippen LogP contribution in [0.25, 0.3) is 0 Å². The molecule has 1 spiro atoms. The number of nitrogens with zero attached hydrogens (tertiary/aromatic N) is 3. The Morgan fingerprint density at radius 3 is 2.90 bits per heavy atom. The lowest BCUT2D eigenvalue weighted by Gasteiger charge is -2.41. The van der Waals surface area contributed by atoms with E-state index in [0.717, 1.165) is 57.1 Å². The van der Waals surface area contributed by atoms with E-state index in [2.05, 4.69) is 14.9 Å². The molecule has 21 heavy (non-hydrogen) atoms. The van der Waals surface area contributed by atoms with Crippen LogP contribution >= 0.6 is 0 Å². The summed E-state index contributed by atoms with van der Waals surface area (Å²) in [5.41, 5.74) is 8.22. The Balaban J connectivity index is 1.67. The van der Waals surface area contributed by atoms with Gasteiger partial charge in [-0.2, -0.15) is 4.98 Å². The minimum Gasteiger partial charge on any atom is -0.378 e. The molecule has 2 aliphatic heterocycles. The van der Waals surface area contributed by atoms with Gasteiger partial charge in [0.15, 0.2) is 0 Å². The second-order valence-electron chi connectivity index (χ2n) is 6.29. The smallest absolute Gasteiger partial charge is 0.222 e. The van der Waals surface area contributed by atoms with E-state index in [1.807, 2.05) is 0 Å². The standard InChI is InChI=1S/C15H22N4O2/c16-14-17-12-4-2-1-3-11(12)13(18-14)19-6-8-21-15(9-19)5-7-20-10-15/h1-10H2,(H2,16,17,18). The molecule has 1 aromatic rings. The summed E-state index contributed by atoms with van der Waals surface area (Å²) in [7, 11) is 0. The molecule has 1 atom stereocenters. The Kier molecular flexibility index (Phi) is 3.23. The van der Waals surface area contributed by atoms with E-state index in [-0.39, 0.29) is 5.60 Å². The van der Waals surface area contributed by atoms with E-state index < -0.39 is 0 Å². The second-order valence-corrected chi connectivity index (χ2v) is 6.29. The van der Waals surface area contributed by atoms with Gasteiger partial charge < -0.3 is 20.1 Å². The first-order valence-electron chi connectivity index (χ1n) is 7.88. The summed E-state index contributed by atoms with van der Waals surface area (Å²) in [5, 5.41) is 0. The van der Waals surface area contributed by atoms with Gasteiger partial charge >= 0.3 is 0 Å². The van der Waals surface area contributed by atoms with Crippen molar-refractivity contribution in [3.63, 3.8) is 0 Å². The van der Waals surface area contributed by atoms with Gasteiger partial charge in [-0.05, 0) is 25.7 Å². The molecule has 2 N–H and O–H groups in total. The third-order valence-corrected chi connectivity index (χ3v) is 4.79. The Morgan fingerprint density at radius 2 is 2.05 bits per heavy atom. The van der Waals surface area contributed by atoms with Gasteiger partial charge in [0, 0.05) is 25.1 Å². The van der Waals surface area contributed by atoms with Crippen LogP contribution in [0.3, 0.4) is 0 Å². The fourth-order valence-electron chi connectivity index (χ4n) is 3.71. The number of aromatic nitrogens is 2. The van der Waals surface area contributed by atoms with Crippen LogP contribution in [0.5, 0.6) is 0 Å². The van der Waals surface area contributed by atoms with E-state index in [9.17, 15) is 0 Å². The fraction of sp³-hybridized carbons (Fsp3) is 0.733. The van der Waals surface area contributed by atoms with E-state index in [1.54, 1.807) is 0 Å². The van der Waals surface area contributed by atoms with Gasteiger partial charge in [-0.25, -0.2) is 4.98 Å². The molecule has 6 heteroatoms. The Hall–Kier alpha value is -1.40. The highest BCUT2D eigenvalue weighted by molar-refractivity contribution is 5.53. The van der Waals surface area contributed by atoms with E-state index >= 15 is 0 Å². The number of hydrogen-bond donors (Lipinski definition) is 1. The molecule has 2 saturated heterocycles. The van der Waals surface area contributed by atoms with Gasteiger partial charge in [-0.1, -0.05) is 0 Å². The number of fused-ring (bicyclic) bond motifs is 1. The minimum absolute atomic E-state index is 0.153. The minimum atomic E-state index is -0.153. The maximum absolute atomic E-state index is 6.01. The topological polar surface area (TPSA) is 73.5 Å². The maximum atomic E-state index is 6.01. The summed E-state index contributed by atoms with van der Waals surface area (Å²) in [6.07, 6.45) is 5.46. The van der Waals surface area contributed by atoms with Crippen LogP contribution in [0, 0.1) is 0 Å². The summed E-state index contributed by atoms with van der Waals surface area (Å²) in [5.74, 6) is 1.43. The Morgan fingerprint density at radius 1 is 1.14 bits per heavy atom. The quantitative estimate of drug-likeness (QED) is 0.829. The third kappa shape index (κ3) is 2.36. The largest absolute Gasteiger partial charge is 0.378 e. The van der Waals surface area contributed by atoms with Crippen LogP contribution in [-0.2, 0) is 22.3 Å². The average molecular weight is 290 g/mol. The molecule has 0 amide bonds. The van der Waals surface area contributed by atoms with Gasteiger partial charge in [0.05, 0.1) is 25.5 Å². The van der Waals surface area contributed by atoms with Crippen molar-refractivity contribution >= 4 is 11.8 Å². The predicted molar refractivity (Wildman–Crippen MR) is 79.4 cm³/mol. The summed E-state index contributed by atoms with van der Waals surface area (Å²) in [6.45, 7) is 3.91. The van der Waals surface area contributed by atoms with Crippen LogP contribution in [0.15, 0.2) is 0 Å². The molecule has 1 aromatic heterocycles. The van der Waals surface area contributed by atoms with Crippen LogP contribution < -0.4 is 10.6 Å². The molecule has 4 rings (SSSR count). The lowest BCUT2D eigenvalue weighted by atomic mass is 9.95. The zero-order valence-corrected chi connectivity index (χ0v) is 12.3. The van der Waals surface area contributed by atoms with Crippen molar-refractivity contribution in [2.24, 2.45) is 0 Å². The molecule has 3 heterocycles. The highest BCUT2D eigenvalue weighted by Crippen LogP contribution is 2.33. The van der Waals surface area contributed by atoms with E-state index in [0.29, 0.717) is 12.6 Å². The summed E-state index contributed by atoms with van der Waals surface area (Å²) >= 11 is 0. The molecule has 1 unspecified atom stereocenters. The number of hydrogen-bond acceptors (Lipinski definition) is 6. The molecular formula is C15H22N4O2. The third-order valence-electron chi connectivity index (χ3n) is 4.79. The van der Waals surface area contributed by atoms with Crippen molar-refractivity contribution < 1.29 is 9.47 Å². The predicted octanol–water partition coefficient (Wildman–Crippen LogP) is 0.933. The van der Waals surface area contributed by atoms with Crippen LogP contribution in [-0.4, -0.2) is 48.5 Å². The number of rotatable bonds is 1. The van der Waals surface area contributed by atoms with Gasteiger partial charge in [-0.3, -0.25) is 0 Å². The van der Waals surface area contributed by atoms with Crippen molar-refractivity contribution in [3.8, 4) is 0 Å². The number of anilines is 2. The molecule has 0 aromatic carbocycles. The number of aryl methyl sites for hydroxylation is 1. The molecular weight excluding hydrogens is 268 g/mol. The molecule has 114 valence electrons. The van der Waals surface area contributed by atoms with Crippen molar-refractivity contribution in [1.29, 1.82) is 0 Å². The SMILES string of the molecule is Nc1nc2c(c(N3CCOC4(CCOC4)C3)n1)CCCC2. The number of ether oxygens (including phenoxy) is 2. The Bertz CT molecular complexity index is 543. The molecule has 1 aliphatic carbocycles. The van der Waals surface area contributed by atoms with Crippen LogP contribution in [0.2, 0.25) is 0 Å². The second kappa shape index (κ2) is 5.10. The lowest BCUT2D eigenvalue weighted by molar-refractivity contribution is -0.0581. The molecule has 0 radical (unpaired) electrons. The van der Waals surface area contributed by atoms with Crippen LogP contribution in [0.1, 0.15) is 30.5 Å². The molecule has 2 fully saturated rings. The Labute approximate surface area is 124 Å². The number of morpholine rings is 1. The van der Waals surface area contributed by atoms with Crippen molar-refractivity contribution in [2.75, 3.05) is 43.5 Å². The first-order chi connectivity index (χ1) is 10.3. The first-order valence-corrected chi connectivity index (χ1v) is 7.88. The normalized spacial score (nSPS) is 28.9. The average Bonchev–Trinajstić information content (AvgIpc) is 2.94. The van der Waals surface area contributed by atoms with Gasteiger partial charge in [0.1, 0.15) is 11.4 Å². The molecule has 3 aliphatic rings. The molecule has 6 nitrogen and oxygen atoms in total. The highest BCUT2D eigenvalue weighted by Gasteiger charge is 2.41. The summed E-state index contributed by atoms with van der Waals surface area (Å²) < 4.78 is 11.6. The maximum Gasteiger partial charge on any atom is 0.222 e. The monoisotopic (exact) mass is 290 g/mol. The zero-order chi connectivity index (χ0) is 14.3. The first kappa shape index (κ1) is 13.3. The van der Waals surface area contributed by atoms with Gasteiger partial charge in [0.2, 0.25) is 5.95 Å². The number of nitrogens with two attached hydrogens (primary N) is 1. The molecule has 0 saturated carbocycles. The van der Waals surface area contributed by atoms with E-state index in [1.165, 1.54) is 18.4 Å². The highest BCUT2D eigenvalue weighted by atomic mass is 16.6. The fourth-order valence-corrected chi connectivity index (χ4v) is 3.71. The molecule has 0 bridgehead atoms.